The second-order valence-corrected chi connectivity index (χ2v) is 2.65. The van der Waals surface area contributed by atoms with Crippen molar-refractivity contribution in [2.45, 2.75) is 6.92 Å². The number of carbonyl (C=O) groups is 2. The average Bonchev–Trinajstić information content (AvgIpc) is 2.29. The van der Waals surface area contributed by atoms with Gasteiger partial charge in [-0.25, -0.2) is 0 Å². The lowest BCUT2D eigenvalue weighted by molar-refractivity contribution is -0.0979. The van der Waals surface area contributed by atoms with E-state index in [-0.39, 0.29) is 19.0 Å². The minimum Gasteiger partial charge on any atom is -0.491 e. The van der Waals surface area contributed by atoms with Crippen LogP contribution in [0.25, 0.3) is 0 Å². The number of hydrogen-bond donors (Lipinski definition) is 1. The molecule has 0 saturated carbocycles. The first-order valence-electron chi connectivity index (χ1n) is 4.37. The molecule has 1 aromatic rings. The number of aliphatic hydroxyl groups excluding tert-OH is 1. The van der Waals surface area contributed by atoms with Gasteiger partial charge in [-0.1, -0.05) is 0 Å². The summed E-state index contributed by atoms with van der Waals surface area (Å²) in [6.45, 7) is 3.79. The molecule has 0 spiro atoms. The highest BCUT2D eigenvalue weighted by Gasteiger charge is 1.98. The van der Waals surface area contributed by atoms with Gasteiger partial charge in [0, 0.05) is 5.56 Å². The first-order valence-corrected chi connectivity index (χ1v) is 4.37. The Hall–Kier alpha value is -1.68. The first kappa shape index (κ1) is 13.3. The molecule has 0 radical (unpaired) electrons. The Labute approximate surface area is 88.5 Å². The van der Waals surface area contributed by atoms with Gasteiger partial charge in [0.15, 0.2) is 5.78 Å². The lowest BCUT2D eigenvalue weighted by Gasteiger charge is -2.03. The Balaban J connectivity index is 0.000000921. The zero-order valence-corrected chi connectivity index (χ0v) is 8.60. The topological polar surface area (TPSA) is 63.6 Å². The van der Waals surface area contributed by atoms with E-state index in [0.29, 0.717) is 11.3 Å². The standard InChI is InChI=1S/C10H12O3.CH2O/c1-8(12)9-2-4-10(5-3-9)13-7-6-11;1-2/h2-5,11H,6-7H2,1H3;1H2. The number of carbonyl (C=O) groups excluding carboxylic acids is 2. The van der Waals surface area contributed by atoms with Crippen molar-refractivity contribution in [2.75, 3.05) is 13.2 Å². The molecule has 0 aliphatic carbocycles. The van der Waals surface area contributed by atoms with Crippen LogP contribution in [-0.2, 0) is 4.79 Å². The van der Waals surface area contributed by atoms with Crippen LogP contribution in [0.2, 0.25) is 0 Å². The third kappa shape index (κ3) is 4.93. The van der Waals surface area contributed by atoms with Gasteiger partial charge in [0.1, 0.15) is 19.1 Å². The van der Waals surface area contributed by atoms with E-state index in [1.54, 1.807) is 24.3 Å². The molecular formula is C11H14O4. The van der Waals surface area contributed by atoms with Crippen molar-refractivity contribution < 1.29 is 19.4 Å². The lowest BCUT2D eigenvalue weighted by atomic mass is 10.1. The van der Waals surface area contributed by atoms with E-state index in [2.05, 4.69) is 0 Å². The van der Waals surface area contributed by atoms with Gasteiger partial charge >= 0.3 is 0 Å². The Morgan fingerprint density at radius 2 is 1.87 bits per heavy atom. The largest absolute Gasteiger partial charge is 0.491 e. The number of ketones is 1. The molecule has 1 aromatic carbocycles. The van der Waals surface area contributed by atoms with Gasteiger partial charge in [0.2, 0.25) is 0 Å². The van der Waals surface area contributed by atoms with Crippen LogP contribution in [0.4, 0.5) is 0 Å². The van der Waals surface area contributed by atoms with Crippen LogP contribution in [0.1, 0.15) is 17.3 Å². The molecule has 1 N–H and O–H groups in total. The molecule has 1 rings (SSSR count). The predicted molar refractivity (Wildman–Crippen MR) is 56.1 cm³/mol. The molecule has 0 aromatic heterocycles. The third-order valence-corrected chi connectivity index (χ3v) is 1.62. The zero-order chi connectivity index (χ0) is 11.7. The smallest absolute Gasteiger partial charge is 0.159 e. The fraction of sp³-hybridized carbons (Fsp3) is 0.273. The molecular weight excluding hydrogens is 196 g/mol. The molecule has 15 heavy (non-hydrogen) atoms. The summed E-state index contributed by atoms with van der Waals surface area (Å²) in [7, 11) is 0. The minimum atomic E-state index is -0.00550. The van der Waals surface area contributed by atoms with E-state index >= 15 is 0 Å². The van der Waals surface area contributed by atoms with Crippen LogP contribution < -0.4 is 4.74 Å². The van der Waals surface area contributed by atoms with Crippen LogP contribution >= 0.6 is 0 Å². The van der Waals surface area contributed by atoms with Crippen molar-refractivity contribution in [1.29, 1.82) is 0 Å². The molecule has 0 fully saturated rings. The molecule has 82 valence electrons. The summed E-state index contributed by atoms with van der Waals surface area (Å²) in [6, 6.07) is 6.84. The Morgan fingerprint density at radius 3 is 2.27 bits per heavy atom. The van der Waals surface area contributed by atoms with Gasteiger partial charge in [-0.2, -0.15) is 0 Å². The van der Waals surface area contributed by atoms with Crippen molar-refractivity contribution in [2.24, 2.45) is 0 Å². The number of ether oxygens (including phenoxy) is 1. The third-order valence-electron chi connectivity index (χ3n) is 1.62. The van der Waals surface area contributed by atoms with Crippen molar-refractivity contribution >= 4 is 12.6 Å². The summed E-state index contributed by atoms with van der Waals surface area (Å²) < 4.78 is 5.13. The molecule has 0 bridgehead atoms. The van der Waals surface area contributed by atoms with Crippen LogP contribution in [0.5, 0.6) is 5.75 Å². The molecule has 0 unspecified atom stereocenters. The monoisotopic (exact) mass is 210 g/mol. The van der Waals surface area contributed by atoms with Gasteiger partial charge in [0.05, 0.1) is 6.61 Å². The Morgan fingerprint density at radius 1 is 1.33 bits per heavy atom. The van der Waals surface area contributed by atoms with E-state index in [1.807, 2.05) is 6.79 Å². The maximum atomic E-state index is 10.9. The van der Waals surface area contributed by atoms with E-state index in [1.165, 1.54) is 6.92 Å². The van der Waals surface area contributed by atoms with Gasteiger partial charge in [-0.15, -0.1) is 0 Å². The number of benzene rings is 1. The maximum Gasteiger partial charge on any atom is 0.159 e. The average molecular weight is 210 g/mol. The number of hydrogen-bond acceptors (Lipinski definition) is 4. The lowest BCUT2D eigenvalue weighted by Crippen LogP contribution is -2.01. The minimum absolute atomic E-state index is 0.00550. The fourth-order valence-electron chi connectivity index (χ4n) is 0.949. The summed E-state index contributed by atoms with van der Waals surface area (Å²) in [5.41, 5.74) is 0.663. The maximum absolute atomic E-state index is 10.9. The highest BCUT2D eigenvalue weighted by atomic mass is 16.5. The fourth-order valence-corrected chi connectivity index (χ4v) is 0.949. The van der Waals surface area contributed by atoms with Crippen LogP contribution in [0.15, 0.2) is 24.3 Å². The molecule has 0 amide bonds. The van der Waals surface area contributed by atoms with Crippen LogP contribution in [0, 0.1) is 0 Å². The SMILES string of the molecule is C=O.CC(=O)c1ccc(OCCO)cc1. The van der Waals surface area contributed by atoms with Crippen LogP contribution in [-0.4, -0.2) is 30.9 Å². The number of aliphatic hydroxyl groups is 1. The highest BCUT2D eigenvalue weighted by molar-refractivity contribution is 5.94. The summed E-state index contributed by atoms with van der Waals surface area (Å²) in [6.07, 6.45) is 0. The normalized spacial score (nSPS) is 8.67. The molecule has 0 heterocycles. The summed E-state index contributed by atoms with van der Waals surface area (Å²) in [4.78, 5) is 18.9. The van der Waals surface area contributed by atoms with E-state index in [4.69, 9.17) is 14.6 Å². The number of Topliss-reactive ketones (excluding diaryl/α,β-unsaturated/α-hetero) is 1. The predicted octanol–water partition coefficient (Wildman–Crippen LogP) is 1.08. The van der Waals surface area contributed by atoms with Gasteiger partial charge in [-0.05, 0) is 31.2 Å². The Bertz CT molecular complexity index is 292. The van der Waals surface area contributed by atoms with Crippen molar-refractivity contribution in [1.82, 2.24) is 0 Å². The van der Waals surface area contributed by atoms with E-state index in [0.717, 1.165) is 0 Å². The van der Waals surface area contributed by atoms with Gasteiger partial charge in [0.25, 0.3) is 0 Å². The summed E-state index contributed by atoms with van der Waals surface area (Å²) in [5.74, 6) is 0.702. The molecule has 0 atom stereocenters. The molecule has 0 saturated heterocycles. The summed E-state index contributed by atoms with van der Waals surface area (Å²) >= 11 is 0. The number of rotatable bonds is 4. The molecule has 4 heteroatoms. The zero-order valence-electron chi connectivity index (χ0n) is 8.60. The van der Waals surface area contributed by atoms with E-state index < -0.39 is 0 Å². The quantitative estimate of drug-likeness (QED) is 0.755. The van der Waals surface area contributed by atoms with Gasteiger partial charge < -0.3 is 14.6 Å². The highest BCUT2D eigenvalue weighted by Crippen LogP contribution is 2.12. The van der Waals surface area contributed by atoms with E-state index in [9.17, 15) is 4.79 Å². The second-order valence-electron chi connectivity index (χ2n) is 2.65. The first-order chi connectivity index (χ1) is 7.24. The molecule has 0 aliphatic heterocycles. The second kappa shape index (κ2) is 7.70. The van der Waals surface area contributed by atoms with Crippen molar-refractivity contribution in [3.63, 3.8) is 0 Å². The summed E-state index contributed by atoms with van der Waals surface area (Å²) in [5, 5.41) is 8.49. The van der Waals surface area contributed by atoms with Crippen LogP contribution in [0.3, 0.4) is 0 Å². The molecule has 4 nitrogen and oxygen atoms in total. The van der Waals surface area contributed by atoms with Crippen molar-refractivity contribution in [3.05, 3.63) is 29.8 Å². The van der Waals surface area contributed by atoms with Crippen molar-refractivity contribution in [3.8, 4) is 5.75 Å². The molecule has 0 aliphatic rings. The van der Waals surface area contributed by atoms with Gasteiger partial charge in [-0.3, -0.25) is 4.79 Å². The Kier molecular flexibility index (Phi) is 6.84.